The van der Waals surface area contributed by atoms with Gasteiger partial charge in [0, 0.05) is 18.3 Å². The Morgan fingerprint density at radius 1 is 1.15 bits per heavy atom. The van der Waals surface area contributed by atoms with Crippen molar-refractivity contribution in [1.29, 1.82) is 0 Å². The molecule has 1 aromatic carbocycles. The normalized spacial score (nSPS) is 10.8. The number of hydrogen-bond acceptors (Lipinski definition) is 5. The van der Waals surface area contributed by atoms with Gasteiger partial charge in [0.2, 0.25) is 5.91 Å². The molecule has 0 aliphatic heterocycles. The van der Waals surface area contributed by atoms with E-state index in [1.54, 1.807) is 5.38 Å². The second-order valence-electron chi connectivity index (χ2n) is 6.21. The van der Waals surface area contributed by atoms with Crippen LogP contribution < -0.4 is 10.6 Å². The summed E-state index contributed by atoms with van der Waals surface area (Å²) >= 11 is 1.27. The molecule has 1 aromatic heterocycles. The number of benzene rings is 1. The lowest BCUT2D eigenvalue weighted by molar-refractivity contribution is -0.116. The molecule has 2 N–H and O–H groups in total. The quantitative estimate of drug-likeness (QED) is 0.580. The van der Waals surface area contributed by atoms with E-state index in [-0.39, 0.29) is 11.8 Å². The Hall–Kier alpha value is -2.25. The maximum atomic E-state index is 12.1. The molecule has 0 fully saturated rings. The molecule has 0 spiro atoms. The van der Waals surface area contributed by atoms with Crippen molar-refractivity contribution >= 4 is 28.3 Å². The Bertz CT molecular complexity index is 714. The van der Waals surface area contributed by atoms with Gasteiger partial charge in [0.15, 0.2) is 5.13 Å². The Morgan fingerprint density at radius 2 is 1.89 bits per heavy atom. The number of rotatable bonds is 11. The molecule has 146 valence electrons. The van der Waals surface area contributed by atoms with Crippen LogP contribution in [0.2, 0.25) is 0 Å². The van der Waals surface area contributed by atoms with Crippen molar-refractivity contribution in [3.63, 3.8) is 0 Å². The highest BCUT2D eigenvalue weighted by atomic mass is 32.1. The molecule has 0 saturated carbocycles. The number of nitrogens with zero attached hydrogens (tertiary/aromatic N) is 2. The maximum absolute atomic E-state index is 12.1. The lowest BCUT2D eigenvalue weighted by Gasteiger charge is -2.17. The van der Waals surface area contributed by atoms with Crippen LogP contribution in [0.25, 0.3) is 0 Å². The van der Waals surface area contributed by atoms with E-state index in [4.69, 9.17) is 0 Å². The van der Waals surface area contributed by atoms with E-state index in [0.29, 0.717) is 30.2 Å². The molecular weight excluding hydrogens is 360 g/mol. The fourth-order valence-corrected chi connectivity index (χ4v) is 3.36. The average Bonchev–Trinajstić information content (AvgIpc) is 3.15. The summed E-state index contributed by atoms with van der Waals surface area (Å²) in [7, 11) is 0. The van der Waals surface area contributed by atoms with Crippen LogP contribution in [-0.4, -0.2) is 47.9 Å². The van der Waals surface area contributed by atoms with Crippen LogP contribution in [0, 0.1) is 0 Å². The van der Waals surface area contributed by atoms with E-state index in [1.165, 1.54) is 11.3 Å². The minimum atomic E-state index is -0.199. The van der Waals surface area contributed by atoms with Gasteiger partial charge in [-0.2, -0.15) is 0 Å². The topological polar surface area (TPSA) is 74.3 Å². The summed E-state index contributed by atoms with van der Waals surface area (Å²) in [5.41, 5.74) is 1.47. The van der Waals surface area contributed by atoms with Crippen LogP contribution in [0.4, 0.5) is 5.13 Å². The van der Waals surface area contributed by atoms with Gasteiger partial charge in [-0.15, -0.1) is 11.3 Å². The van der Waals surface area contributed by atoms with Gasteiger partial charge in [0.25, 0.3) is 5.91 Å². The Morgan fingerprint density at radius 3 is 2.59 bits per heavy atom. The predicted molar refractivity (Wildman–Crippen MR) is 110 cm³/mol. The van der Waals surface area contributed by atoms with E-state index < -0.39 is 0 Å². The third-order valence-electron chi connectivity index (χ3n) is 4.30. The van der Waals surface area contributed by atoms with Gasteiger partial charge in [-0.05, 0) is 38.0 Å². The van der Waals surface area contributed by atoms with Gasteiger partial charge < -0.3 is 15.5 Å². The van der Waals surface area contributed by atoms with Crippen molar-refractivity contribution in [3.05, 3.63) is 47.0 Å². The van der Waals surface area contributed by atoms with Crippen molar-refractivity contribution in [2.75, 3.05) is 31.5 Å². The van der Waals surface area contributed by atoms with Gasteiger partial charge in [0.1, 0.15) is 5.69 Å². The summed E-state index contributed by atoms with van der Waals surface area (Å²) in [4.78, 5) is 30.7. The van der Waals surface area contributed by atoms with Gasteiger partial charge >= 0.3 is 0 Å². The molecule has 0 saturated heterocycles. The number of carbonyl (C=O) groups is 2. The molecule has 7 heteroatoms. The van der Waals surface area contributed by atoms with Crippen molar-refractivity contribution < 1.29 is 9.59 Å². The number of carbonyl (C=O) groups excluding carboxylic acids is 2. The maximum Gasteiger partial charge on any atom is 0.270 e. The fourth-order valence-electron chi connectivity index (χ4n) is 2.65. The summed E-state index contributed by atoms with van der Waals surface area (Å²) in [6.45, 7) is 7.88. The van der Waals surface area contributed by atoms with E-state index in [9.17, 15) is 9.59 Å². The molecule has 0 radical (unpaired) electrons. The first kappa shape index (κ1) is 21.1. The second kappa shape index (κ2) is 11.5. The predicted octanol–water partition coefficient (Wildman–Crippen LogP) is 3.18. The van der Waals surface area contributed by atoms with Crippen molar-refractivity contribution in [3.8, 4) is 0 Å². The lowest BCUT2D eigenvalue weighted by Crippen LogP contribution is -2.30. The molecule has 1 heterocycles. The summed E-state index contributed by atoms with van der Waals surface area (Å²) < 4.78 is 0. The standard InChI is InChI=1S/C20H28N4O2S/c1-3-24(4-2)14-8-13-21-19(26)17-15-27-20(22-17)23-18(25)12-11-16-9-6-5-7-10-16/h5-7,9-10,15H,3-4,8,11-14H2,1-2H3,(H,21,26)(H,22,23,25). The summed E-state index contributed by atoms with van der Waals surface area (Å²) in [5.74, 6) is -0.296. The van der Waals surface area contributed by atoms with Crippen molar-refractivity contribution in [2.24, 2.45) is 0 Å². The molecule has 0 bridgehead atoms. The summed E-state index contributed by atoms with van der Waals surface area (Å²) in [6.07, 6.45) is 1.97. The minimum absolute atomic E-state index is 0.0978. The van der Waals surface area contributed by atoms with Crippen LogP contribution in [0.1, 0.15) is 42.7 Å². The van der Waals surface area contributed by atoms with E-state index >= 15 is 0 Å². The van der Waals surface area contributed by atoms with Crippen LogP contribution >= 0.6 is 11.3 Å². The van der Waals surface area contributed by atoms with Crippen LogP contribution in [0.5, 0.6) is 0 Å². The van der Waals surface area contributed by atoms with Gasteiger partial charge in [-0.1, -0.05) is 44.2 Å². The van der Waals surface area contributed by atoms with Gasteiger partial charge in [0.05, 0.1) is 0 Å². The van der Waals surface area contributed by atoms with Crippen molar-refractivity contribution in [2.45, 2.75) is 33.1 Å². The molecule has 2 aromatic rings. The SMILES string of the molecule is CCN(CC)CCCNC(=O)c1csc(NC(=O)CCc2ccccc2)n1. The van der Waals surface area contributed by atoms with Crippen LogP contribution in [0.15, 0.2) is 35.7 Å². The molecule has 27 heavy (non-hydrogen) atoms. The zero-order chi connectivity index (χ0) is 19.5. The van der Waals surface area contributed by atoms with Crippen LogP contribution in [-0.2, 0) is 11.2 Å². The van der Waals surface area contributed by atoms with Gasteiger partial charge in [-0.25, -0.2) is 4.98 Å². The number of thiazole rings is 1. The molecule has 6 nitrogen and oxygen atoms in total. The van der Waals surface area contributed by atoms with Crippen LogP contribution in [0.3, 0.4) is 0 Å². The van der Waals surface area contributed by atoms with E-state index in [1.807, 2.05) is 30.3 Å². The number of amides is 2. The monoisotopic (exact) mass is 388 g/mol. The molecular formula is C20H28N4O2S. The Kier molecular flexibility index (Phi) is 8.94. The Balaban J connectivity index is 1.71. The highest BCUT2D eigenvalue weighted by molar-refractivity contribution is 7.14. The van der Waals surface area contributed by atoms with E-state index in [0.717, 1.165) is 31.6 Å². The molecule has 2 amide bonds. The number of aryl methyl sites for hydroxylation is 1. The molecule has 2 rings (SSSR count). The lowest BCUT2D eigenvalue weighted by atomic mass is 10.1. The first-order valence-electron chi connectivity index (χ1n) is 9.42. The Labute approximate surface area is 165 Å². The van der Waals surface area contributed by atoms with Crippen molar-refractivity contribution in [1.82, 2.24) is 15.2 Å². The number of hydrogen-bond donors (Lipinski definition) is 2. The van der Waals surface area contributed by atoms with Gasteiger partial charge in [-0.3, -0.25) is 9.59 Å². The van der Waals surface area contributed by atoms with E-state index in [2.05, 4.69) is 34.4 Å². The minimum Gasteiger partial charge on any atom is -0.351 e. The number of anilines is 1. The second-order valence-corrected chi connectivity index (χ2v) is 7.07. The highest BCUT2D eigenvalue weighted by Gasteiger charge is 2.12. The molecule has 0 atom stereocenters. The molecule has 0 aliphatic rings. The highest BCUT2D eigenvalue weighted by Crippen LogP contribution is 2.16. The number of aromatic nitrogens is 1. The third kappa shape index (κ3) is 7.48. The zero-order valence-corrected chi connectivity index (χ0v) is 16.8. The summed E-state index contributed by atoms with van der Waals surface area (Å²) in [5, 5.41) is 7.78. The summed E-state index contributed by atoms with van der Waals surface area (Å²) in [6, 6.07) is 9.87. The third-order valence-corrected chi connectivity index (χ3v) is 5.06. The number of nitrogens with one attached hydrogen (secondary N) is 2. The molecule has 0 aliphatic carbocycles. The first-order chi connectivity index (χ1) is 13.1. The molecule has 0 unspecified atom stereocenters. The fraction of sp³-hybridized carbons (Fsp3) is 0.450. The zero-order valence-electron chi connectivity index (χ0n) is 16.0. The smallest absolute Gasteiger partial charge is 0.270 e. The largest absolute Gasteiger partial charge is 0.351 e. The first-order valence-corrected chi connectivity index (χ1v) is 10.3. The average molecular weight is 389 g/mol.